The Hall–Kier alpha value is -3.87. The Morgan fingerprint density at radius 1 is 1.19 bits per heavy atom. The average Bonchev–Trinajstić information content (AvgIpc) is 3.30. The number of fused-ring (bicyclic) bond motifs is 3. The highest BCUT2D eigenvalue weighted by molar-refractivity contribution is 6.05. The van der Waals surface area contributed by atoms with Crippen LogP contribution in [0, 0.1) is 13.8 Å². The second-order valence-electron chi connectivity index (χ2n) is 7.67. The van der Waals surface area contributed by atoms with Gasteiger partial charge in [0.2, 0.25) is 0 Å². The summed E-state index contributed by atoms with van der Waals surface area (Å²) in [6.07, 6.45) is 5.17. The summed E-state index contributed by atoms with van der Waals surface area (Å²) in [5.74, 6) is 1.51. The van der Waals surface area contributed by atoms with Gasteiger partial charge in [0.05, 0.1) is 47.9 Å². The molecule has 0 spiro atoms. The quantitative estimate of drug-likeness (QED) is 0.458. The maximum Gasteiger partial charge on any atom is 0.327 e. The lowest BCUT2D eigenvalue weighted by atomic mass is 9.99. The first-order valence-electron chi connectivity index (χ1n) is 10.1. The molecule has 4 aromatic heterocycles. The van der Waals surface area contributed by atoms with E-state index in [1.54, 1.807) is 30.3 Å². The molecule has 0 amide bonds. The van der Waals surface area contributed by atoms with Gasteiger partial charge in [-0.3, -0.25) is 14.5 Å². The molecule has 0 aliphatic rings. The van der Waals surface area contributed by atoms with Crippen molar-refractivity contribution in [2.24, 2.45) is 0 Å². The normalized spacial score (nSPS) is 12.5. The lowest BCUT2D eigenvalue weighted by molar-refractivity contribution is 0.417. The fourth-order valence-electron chi connectivity index (χ4n) is 4.30. The van der Waals surface area contributed by atoms with E-state index < -0.39 is 0 Å². The molecule has 5 rings (SSSR count). The van der Waals surface area contributed by atoms with Gasteiger partial charge in [0.1, 0.15) is 11.5 Å². The van der Waals surface area contributed by atoms with E-state index in [1.807, 2.05) is 51.1 Å². The SMILES string of the molecule is COc1cc2c(cc1-c1c(C)coc1C)ncc1[nH]c(=O)n([C@H](C)c3ccccn3)c12. The summed E-state index contributed by atoms with van der Waals surface area (Å²) < 4.78 is 13.1. The highest BCUT2D eigenvalue weighted by Crippen LogP contribution is 2.39. The zero-order valence-electron chi connectivity index (χ0n) is 17.8. The monoisotopic (exact) mass is 414 g/mol. The van der Waals surface area contributed by atoms with Gasteiger partial charge in [0.15, 0.2) is 0 Å². The molecule has 0 bridgehead atoms. The Balaban J connectivity index is 1.82. The van der Waals surface area contributed by atoms with Crippen molar-refractivity contribution < 1.29 is 9.15 Å². The average molecular weight is 414 g/mol. The van der Waals surface area contributed by atoms with E-state index >= 15 is 0 Å². The number of nitrogens with zero attached hydrogens (tertiary/aromatic N) is 3. The van der Waals surface area contributed by atoms with Crippen molar-refractivity contribution in [1.82, 2.24) is 19.5 Å². The van der Waals surface area contributed by atoms with Crippen LogP contribution in [0.2, 0.25) is 0 Å². The van der Waals surface area contributed by atoms with Gasteiger partial charge in [-0.25, -0.2) is 4.79 Å². The Kier molecular flexibility index (Phi) is 4.39. The van der Waals surface area contributed by atoms with Gasteiger partial charge < -0.3 is 14.1 Å². The molecule has 156 valence electrons. The molecular formula is C24H22N4O3. The number of ether oxygens (including phenoxy) is 1. The molecule has 5 aromatic rings. The highest BCUT2D eigenvalue weighted by atomic mass is 16.5. The number of nitrogens with one attached hydrogen (secondary N) is 1. The molecule has 1 atom stereocenters. The summed E-state index contributed by atoms with van der Waals surface area (Å²) in [6, 6.07) is 9.38. The number of rotatable bonds is 4. The first kappa shape index (κ1) is 19.1. The number of hydrogen-bond donors (Lipinski definition) is 1. The van der Waals surface area contributed by atoms with E-state index in [4.69, 9.17) is 9.15 Å². The van der Waals surface area contributed by atoms with Crippen LogP contribution in [0.3, 0.4) is 0 Å². The second-order valence-corrected chi connectivity index (χ2v) is 7.67. The van der Waals surface area contributed by atoms with E-state index in [-0.39, 0.29) is 11.7 Å². The topological polar surface area (TPSA) is 85.9 Å². The van der Waals surface area contributed by atoms with Crippen molar-refractivity contribution in [3.63, 3.8) is 0 Å². The van der Waals surface area contributed by atoms with Crippen molar-refractivity contribution >= 4 is 21.9 Å². The highest BCUT2D eigenvalue weighted by Gasteiger charge is 2.21. The third kappa shape index (κ3) is 2.92. The number of benzene rings is 1. The van der Waals surface area contributed by atoms with Gasteiger partial charge in [0, 0.05) is 22.7 Å². The maximum atomic E-state index is 12.9. The lowest BCUT2D eigenvalue weighted by Gasteiger charge is -2.15. The van der Waals surface area contributed by atoms with E-state index in [1.165, 1.54) is 0 Å². The molecule has 0 radical (unpaired) electrons. The van der Waals surface area contributed by atoms with E-state index in [0.717, 1.165) is 44.6 Å². The van der Waals surface area contributed by atoms with E-state index in [2.05, 4.69) is 15.0 Å². The van der Waals surface area contributed by atoms with Crippen LogP contribution in [-0.4, -0.2) is 26.6 Å². The minimum absolute atomic E-state index is 0.202. The largest absolute Gasteiger partial charge is 0.496 e. The Morgan fingerprint density at radius 3 is 2.71 bits per heavy atom. The van der Waals surface area contributed by atoms with Crippen molar-refractivity contribution in [3.05, 3.63) is 76.5 Å². The Bertz CT molecular complexity index is 1460. The zero-order chi connectivity index (χ0) is 21.7. The van der Waals surface area contributed by atoms with Crippen LogP contribution in [0.5, 0.6) is 5.75 Å². The molecule has 7 nitrogen and oxygen atoms in total. The van der Waals surface area contributed by atoms with Gasteiger partial charge in [-0.15, -0.1) is 0 Å². The first-order valence-corrected chi connectivity index (χ1v) is 10.1. The summed E-state index contributed by atoms with van der Waals surface area (Å²) >= 11 is 0. The fourth-order valence-corrected chi connectivity index (χ4v) is 4.30. The number of aromatic nitrogens is 4. The second kappa shape index (κ2) is 7.12. The summed E-state index contributed by atoms with van der Waals surface area (Å²) in [6.45, 7) is 5.90. The van der Waals surface area contributed by atoms with Gasteiger partial charge >= 0.3 is 5.69 Å². The number of aryl methyl sites for hydroxylation is 2. The number of furan rings is 1. The van der Waals surface area contributed by atoms with E-state index in [0.29, 0.717) is 11.3 Å². The summed E-state index contributed by atoms with van der Waals surface area (Å²) in [7, 11) is 1.64. The van der Waals surface area contributed by atoms with Gasteiger partial charge in [-0.05, 0) is 50.6 Å². The molecule has 4 heterocycles. The van der Waals surface area contributed by atoms with Crippen molar-refractivity contribution in [2.45, 2.75) is 26.8 Å². The molecule has 0 saturated carbocycles. The molecule has 1 aromatic carbocycles. The van der Waals surface area contributed by atoms with Gasteiger partial charge in [-0.2, -0.15) is 0 Å². The van der Waals surface area contributed by atoms with Crippen LogP contribution in [0.1, 0.15) is 30.0 Å². The fraction of sp³-hybridized carbons (Fsp3) is 0.208. The molecule has 0 unspecified atom stereocenters. The molecule has 0 fully saturated rings. The summed E-state index contributed by atoms with van der Waals surface area (Å²) in [4.78, 5) is 24.9. The zero-order valence-corrected chi connectivity index (χ0v) is 17.8. The lowest BCUT2D eigenvalue weighted by Crippen LogP contribution is -2.21. The molecular weight excluding hydrogens is 392 g/mol. The third-order valence-corrected chi connectivity index (χ3v) is 5.79. The molecule has 0 saturated heterocycles. The molecule has 7 heteroatoms. The van der Waals surface area contributed by atoms with Crippen molar-refractivity contribution in [3.8, 4) is 16.9 Å². The summed E-state index contributed by atoms with van der Waals surface area (Å²) in [5, 5.41) is 0.832. The van der Waals surface area contributed by atoms with Gasteiger partial charge in [-0.1, -0.05) is 6.07 Å². The van der Waals surface area contributed by atoms with Crippen LogP contribution < -0.4 is 10.4 Å². The predicted molar refractivity (Wildman–Crippen MR) is 120 cm³/mol. The predicted octanol–water partition coefficient (Wildman–Crippen LogP) is 4.77. The van der Waals surface area contributed by atoms with Gasteiger partial charge in [0.25, 0.3) is 0 Å². The van der Waals surface area contributed by atoms with E-state index in [9.17, 15) is 4.79 Å². The molecule has 0 aliphatic carbocycles. The van der Waals surface area contributed by atoms with Crippen molar-refractivity contribution in [1.29, 1.82) is 0 Å². The van der Waals surface area contributed by atoms with Crippen LogP contribution in [0.15, 0.2) is 58.2 Å². The smallest absolute Gasteiger partial charge is 0.327 e. The standard InChI is InChI=1S/C24H22N4O3/c1-13-12-31-15(3)22(13)17-9-19-16(10-21(17)30-4)23-20(11-26-19)27-24(29)28(23)14(2)18-7-5-6-8-25-18/h5-12,14H,1-4H3,(H,27,29)/t14-/m1/s1. The summed E-state index contributed by atoms with van der Waals surface area (Å²) in [5.41, 5.74) is 5.75. The maximum absolute atomic E-state index is 12.9. The third-order valence-electron chi connectivity index (χ3n) is 5.79. The van der Waals surface area contributed by atoms with Crippen LogP contribution in [0.25, 0.3) is 33.1 Å². The van der Waals surface area contributed by atoms with Crippen LogP contribution >= 0.6 is 0 Å². The number of pyridine rings is 2. The van der Waals surface area contributed by atoms with Crippen molar-refractivity contribution in [2.75, 3.05) is 7.11 Å². The van der Waals surface area contributed by atoms with Crippen LogP contribution in [-0.2, 0) is 0 Å². The Morgan fingerprint density at radius 2 is 2.03 bits per heavy atom. The number of aromatic amines is 1. The number of H-pyrrole nitrogens is 1. The minimum atomic E-state index is -0.253. The number of imidazole rings is 1. The first-order chi connectivity index (χ1) is 15.0. The van der Waals surface area contributed by atoms with Crippen LogP contribution in [0.4, 0.5) is 0 Å². The molecule has 1 N–H and O–H groups in total. The minimum Gasteiger partial charge on any atom is -0.496 e. The number of hydrogen-bond acceptors (Lipinski definition) is 5. The molecule has 31 heavy (non-hydrogen) atoms. The number of methoxy groups -OCH3 is 1. The Labute approximate surface area is 178 Å². The molecule has 0 aliphatic heterocycles.